The maximum Gasteiger partial charge on any atom is 0.471 e. The van der Waals surface area contributed by atoms with Gasteiger partial charge in [0, 0.05) is 45.0 Å². The van der Waals surface area contributed by atoms with Crippen molar-refractivity contribution in [1.82, 2.24) is 19.3 Å². The molecular formula is C19H27F3N4O3. The molecule has 10 heteroatoms. The zero-order valence-electron chi connectivity index (χ0n) is 17.1. The summed E-state index contributed by atoms with van der Waals surface area (Å²) in [6, 6.07) is 1.53. The minimum Gasteiger partial charge on any atom is -0.337 e. The molecule has 162 valence electrons. The molecule has 0 aromatic carbocycles. The Hall–Kier alpha value is -2.36. The van der Waals surface area contributed by atoms with Crippen LogP contribution in [-0.4, -0.2) is 84.1 Å². The monoisotopic (exact) mass is 416 g/mol. The summed E-state index contributed by atoms with van der Waals surface area (Å²) in [7, 11) is 3.76. The number of pyridine rings is 1. The van der Waals surface area contributed by atoms with Crippen molar-refractivity contribution >= 4 is 11.8 Å². The Balaban J connectivity index is 2.24. The van der Waals surface area contributed by atoms with E-state index in [0.717, 1.165) is 0 Å². The Morgan fingerprint density at radius 1 is 1.14 bits per heavy atom. The number of amides is 2. The molecule has 2 amide bonds. The van der Waals surface area contributed by atoms with E-state index in [0.29, 0.717) is 17.0 Å². The van der Waals surface area contributed by atoms with E-state index in [1.54, 1.807) is 19.2 Å². The van der Waals surface area contributed by atoms with Gasteiger partial charge in [0.2, 0.25) is 0 Å². The van der Waals surface area contributed by atoms with Crippen LogP contribution in [0.5, 0.6) is 0 Å². The van der Waals surface area contributed by atoms with E-state index in [4.69, 9.17) is 0 Å². The Bertz CT molecular complexity index is 820. The van der Waals surface area contributed by atoms with Crippen molar-refractivity contribution < 1.29 is 22.8 Å². The Kier molecular flexibility index (Phi) is 7.10. The number of aryl methyl sites for hydroxylation is 1. The molecule has 1 atom stereocenters. The lowest BCUT2D eigenvalue weighted by Crippen LogP contribution is -2.44. The van der Waals surface area contributed by atoms with Gasteiger partial charge in [-0.15, -0.1) is 0 Å². The minimum atomic E-state index is -4.94. The Labute approximate surface area is 167 Å². The molecule has 2 heterocycles. The number of alkyl halides is 3. The number of hydrogen-bond acceptors (Lipinski definition) is 4. The molecule has 1 aliphatic heterocycles. The molecule has 7 nitrogen and oxygen atoms in total. The number of hydrogen-bond donors (Lipinski definition) is 0. The van der Waals surface area contributed by atoms with Gasteiger partial charge in [0.1, 0.15) is 5.56 Å². The smallest absolute Gasteiger partial charge is 0.337 e. The molecule has 0 radical (unpaired) electrons. The number of carbonyl (C=O) groups is 2. The lowest BCUT2D eigenvalue weighted by atomic mass is 10.1. The zero-order valence-corrected chi connectivity index (χ0v) is 17.1. The second-order valence-electron chi connectivity index (χ2n) is 7.63. The van der Waals surface area contributed by atoms with Crippen LogP contribution in [0.25, 0.3) is 0 Å². The Morgan fingerprint density at radius 3 is 2.31 bits per heavy atom. The van der Waals surface area contributed by atoms with Crippen molar-refractivity contribution in [3.05, 3.63) is 33.7 Å². The average molecular weight is 416 g/mol. The van der Waals surface area contributed by atoms with E-state index >= 15 is 0 Å². The summed E-state index contributed by atoms with van der Waals surface area (Å²) in [5.41, 5.74) is 0.117. The lowest BCUT2D eigenvalue weighted by Gasteiger charge is -2.24. The zero-order chi connectivity index (χ0) is 21.9. The summed E-state index contributed by atoms with van der Waals surface area (Å²) in [6.07, 6.45) is -3.08. The first-order valence-corrected chi connectivity index (χ1v) is 9.45. The molecule has 1 unspecified atom stereocenters. The lowest BCUT2D eigenvalue weighted by molar-refractivity contribution is -0.185. The largest absolute Gasteiger partial charge is 0.471 e. The highest BCUT2D eigenvalue weighted by molar-refractivity contribution is 5.95. The second-order valence-corrected chi connectivity index (χ2v) is 7.63. The van der Waals surface area contributed by atoms with Crippen molar-refractivity contribution in [2.45, 2.75) is 32.5 Å². The van der Waals surface area contributed by atoms with E-state index in [1.165, 1.54) is 9.47 Å². The SMILES string of the molecule is Cc1ccn(C(C)CN(C)C)c(=O)c1C(=O)N1CCCN(C(=O)C(F)(F)F)CC1. The van der Waals surface area contributed by atoms with E-state index < -0.39 is 23.5 Å². The first-order valence-electron chi connectivity index (χ1n) is 9.45. The molecule has 1 fully saturated rings. The van der Waals surface area contributed by atoms with Crippen molar-refractivity contribution in [3.8, 4) is 0 Å². The molecule has 0 spiro atoms. The molecule has 0 saturated carbocycles. The van der Waals surface area contributed by atoms with Gasteiger partial charge in [0.15, 0.2) is 0 Å². The summed E-state index contributed by atoms with van der Waals surface area (Å²) in [5.74, 6) is -2.41. The molecule has 29 heavy (non-hydrogen) atoms. The standard InChI is InChI=1S/C19H27F3N4O3/c1-13-6-9-26(14(2)12-23(3)4)17(28)15(13)16(27)24-7-5-8-25(11-10-24)18(29)19(20,21)22/h6,9,14H,5,7-8,10-12H2,1-4H3. The summed E-state index contributed by atoms with van der Waals surface area (Å²) < 4.78 is 39.5. The van der Waals surface area contributed by atoms with Gasteiger partial charge < -0.3 is 19.3 Å². The van der Waals surface area contributed by atoms with E-state index in [-0.39, 0.29) is 44.2 Å². The van der Waals surface area contributed by atoms with Crippen LogP contribution in [0.4, 0.5) is 13.2 Å². The fourth-order valence-electron chi connectivity index (χ4n) is 3.53. The van der Waals surface area contributed by atoms with Crippen LogP contribution in [-0.2, 0) is 4.79 Å². The van der Waals surface area contributed by atoms with Gasteiger partial charge in [0.25, 0.3) is 11.5 Å². The number of carbonyl (C=O) groups excluding carboxylic acids is 2. The number of halogens is 3. The van der Waals surface area contributed by atoms with Crippen LogP contribution in [0.2, 0.25) is 0 Å². The van der Waals surface area contributed by atoms with Crippen molar-refractivity contribution in [2.75, 3.05) is 46.8 Å². The van der Waals surface area contributed by atoms with Gasteiger partial charge in [-0.25, -0.2) is 0 Å². The third kappa shape index (κ3) is 5.37. The fraction of sp³-hybridized carbons (Fsp3) is 0.632. The fourth-order valence-corrected chi connectivity index (χ4v) is 3.53. The molecule has 1 aromatic rings. The molecule has 2 rings (SSSR count). The molecule has 0 N–H and O–H groups in total. The van der Waals surface area contributed by atoms with Crippen LogP contribution >= 0.6 is 0 Å². The van der Waals surface area contributed by atoms with Crippen LogP contribution in [0, 0.1) is 6.92 Å². The molecule has 1 aromatic heterocycles. The maximum atomic E-state index is 13.0. The molecule has 1 aliphatic rings. The topological polar surface area (TPSA) is 65.9 Å². The summed E-state index contributed by atoms with van der Waals surface area (Å²) in [6.45, 7) is 3.96. The quantitative estimate of drug-likeness (QED) is 0.747. The highest BCUT2D eigenvalue weighted by atomic mass is 19.4. The highest BCUT2D eigenvalue weighted by Gasteiger charge is 2.43. The number of nitrogens with zero attached hydrogens (tertiary/aromatic N) is 4. The van der Waals surface area contributed by atoms with Crippen LogP contribution in [0.15, 0.2) is 17.1 Å². The van der Waals surface area contributed by atoms with Gasteiger partial charge in [-0.1, -0.05) is 0 Å². The molecule has 1 saturated heterocycles. The second kappa shape index (κ2) is 8.98. The van der Waals surface area contributed by atoms with Gasteiger partial charge in [-0.05, 0) is 46.0 Å². The maximum absolute atomic E-state index is 13.0. The average Bonchev–Trinajstić information content (AvgIpc) is 2.85. The van der Waals surface area contributed by atoms with E-state index in [2.05, 4.69) is 0 Å². The first kappa shape index (κ1) is 22.9. The summed E-state index contributed by atoms with van der Waals surface area (Å²) >= 11 is 0. The minimum absolute atomic E-state index is 0.0219. The normalized spacial score (nSPS) is 16.7. The third-order valence-electron chi connectivity index (χ3n) is 4.96. The van der Waals surface area contributed by atoms with Crippen LogP contribution in [0.1, 0.15) is 35.3 Å². The molecule has 0 bridgehead atoms. The number of likely N-dealkylation sites (N-methyl/N-ethyl adjacent to an activating group) is 1. The predicted molar refractivity (Wildman–Crippen MR) is 102 cm³/mol. The van der Waals surface area contributed by atoms with Crippen molar-refractivity contribution in [1.29, 1.82) is 0 Å². The number of rotatable bonds is 4. The van der Waals surface area contributed by atoms with E-state index in [1.807, 2.05) is 25.9 Å². The van der Waals surface area contributed by atoms with Crippen LogP contribution < -0.4 is 5.56 Å². The van der Waals surface area contributed by atoms with Gasteiger partial charge >= 0.3 is 12.1 Å². The number of aromatic nitrogens is 1. The van der Waals surface area contributed by atoms with E-state index in [9.17, 15) is 27.6 Å². The van der Waals surface area contributed by atoms with Crippen molar-refractivity contribution in [2.24, 2.45) is 0 Å². The van der Waals surface area contributed by atoms with Gasteiger partial charge in [-0.2, -0.15) is 13.2 Å². The first-order chi connectivity index (χ1) is 13.4. The highest BCUT2D eigenvalue weighted by Crippen LogP contribution is 2.20. The summed E-state index contributed by atoms with van der Waals surface area (Å²) in [4.78, 5) is 41.5. The van der Waals surface area contributed by atoms with Crippen molar-refractivity contribution in [3.63, 3.8) is 0 Å². The van der Waals surface area contributed by atoms with Gasteiger partial charge in [0.05, 0.1) is 0 Å². The van der Waals surface area contributed by atoms with Crippen LogP contribution in [0.3, 0.4) is 0 Å². The predicted octanol–water partition coefficient (Wildman–Crippen LogP) is 1.52. The third-order valence-corrected chi connectivity index (χ3v) is 4.96. The van der Waals surface area contributed by atoms with Gasteiger partial charge in [-0.3, -0.25) is 14.4 Å². The summed E-state index contributed by atoms with van der Waals surface area (Å²) in [5, 5.41) is 0. The Morgan fingerprint density at radius 2 is 1.72 bits per heavy atom. The molecular weight excluding hydrogens is 389 g/mol. The molecule has 0 aliphatic carbocycles.